The van der Waals surface area contributed by atoms with Gasteiger partial charge in [0.25, 0.3) is 0 Å². The quantitative estimate of drug-likeness (QED) is 0.326. The molecule has 0 amide bonds. The van der Waals surface area contributed by atoms with Crippen LogP contribution in [0.25, 0.3) is 0 Å². The summed E-state index contributed by atoms with van der Waals surface area (Å²) in [4.78, 5) is 2.33. The second kappa shape index (κ2) is 13.9. The number of hydrogen-bond acceptors (Lipinski definition) is 5. The Labute approximate surface area is 105 Å². The normalized spacial score (nSPS) is 11.3. The summed E-state index contributed by atoms with van der Waals surface area (Å²) < 4.78 is 0. The molecule has 0 aromatic rings. The molecule has 0 radical (unpaired) electrons. The second-order valence-corrected chi connectivity index (χ2v) is 4.24. The van der Waals surface area contributed by atoms with Crippen LogP contribution in [0, 0.1) is 0 Å². The van der Waals surface area contributed by atoms with Gasteiger partial charge in [-0.1, -0.05) is 0 Å². The van der Waals surface area contributed by atoms with Crippen LogP contribution < -0.4 is 11.1 Å². The zero-order chi connectivity index (χ0) is 12.8. The summed E-state index contributed by atoms with van der Waals surface area (Å²) in [5, 5.41) is 20.7. The molecule has 0 bridgehead atoms. The van der Waals surface area contributed by atoms with Crippen molar-refractivity contribution in [2.75, 3.05) is 52.5 Å². The van der Waals surface area contributed by atoms with Gasteiger partial charge in [0, 0.05) is 39.4 Å². The summed E-state index contributed by atoms with van der Waals surface area (Å²) in [7, 11) is 0. The Morgan fingerprint density at radius 1 is 0.824 bits per heavy atom. The minimum Gasteiger partial charge on any atom is -0.396 e. The molecule has 0 atom stereocenters. The number of hydrogen-bond donors (Lipinski definition) is 4. The van der Waals surface area contributed by atoms with Gasteiger partial charge in [-0.3, -0.25) is 0 Å². The van der Waals surface area contributed by atoms with Gasteiger partial charge in [-0.15, -0.1) is 0 Å². The van der Waals surface area contributed by atoms with Crippen LogP contribution in [0.2, 0.25) is 0 Å². The molecule has 0 aromatic carbocycles. The van der Waals surface area contributed by atoms with Crippen molar-refractivity contribution in [1.82, 2.24) is 10.2 Å². The van der Waals surface area contributed by atoms with E-state index in [4.69, 9.17) is 15.9 Å². The molecule has 0 aliphatic carbocycles. The maximum atomic E-state index is 8.73. The first-order valence-electron chi connectivity index (χ1n) is 6.70. The molecular formula is C12H29N3O2. The molecule has 17 heavy (non-hydrogen) atoms. The molecule has 0 saturated carbocycles. The zero-order valence-corrected chi connectivity index (χ0v) is 10.9. The van der Waals surface area contributed by atoms with Crippen LogP contribution in [0.5, 0.6) is 0 Å². The molecule has 5 N–H and O–H groups in total. The molecule has 0 rings (SSSR count). The molecule has 5 heteroatoms. The highest BCUT2D eigenvalue weighted by atomic mass is 16.3. The Hall–Kier alpha value is -0.200. The van der Waals surface area contributed by atoms with Gasteiger partial charge in [-0.25, -0.2) is 0 Å². The smallest absolute Gasteiger partial charge is 0.0431 e. The van der Waals surface area contributed by atoms with Crippen molar-refractivity contribution < 1.29 is 10.2 Å². The molecule has 0 spiro atoms. The highest BCUT2D eigenvalue weighted by molar-refractivity contribution is 4.61. The highest BCUT2D eigenvalue weighted by Crippen LogP contribution is 1.94. The lowest BCUT2D eigenvalue weighted by Gasteiger charge is -2.21. The van der Waals surface area contributed by atoms with Gasteiger partial charge < -0.3 is 26.2 Å². The summed E-state index contributed by atoms with van der Waals surface area (Å²) in [6, 6.07) is 0. The maximum absolute atomic E-state index is 8.73. The van der Waals surface area contributed by atoms with E-state index in [-0.39, 0.29) is 13.2 Å². The first-order valence-corrected chi connectivity index (χ1v) is 6.70. The molecule has 104 valence electrons. The van der Waals surface area contributed by atoms with Gasteiger partial charge >= 0.3 is 0 Å². The molecule has 0 aliphatic heterocycles. The van der Waals surface area contributed by atoms with Crippen LogP contribution in [-0.2, 0) is 0 Å². The number of nitrogens with zero attached hydrogens (tertiary/aromatic N) is 1. The van der Waals surface area contributed by atoms with E-state index < -0.39 is 0 Å². The lowest BCUT2D eigenvalue weighted by atomic mass is 10.3. The van der Waals surface area contributed by atoms with E-state index in [0.29, 0.717) is 6.54 Å². The third-order valence-electron chi connectivity index (χ3n) is 2.69. The minimum atomic E-state index is 0.274. The average molecular weight is 247 g/mol. The van der Waals surface area contributed by atoms with Crippen molar-refractivity contribution in [3.05, 3.63) is 0 Å². The SMILES string of the molecule is NCCN(CCCCO)CCNCCCCO. The van der Waals surface area contributed by atoms with E-state index >= 15 is 0 Å². The summed E-state index contributed by atoms with van der Waals surface area (Å²) in [5.74, 6) is 0. The minimum absolute atomic E-state index is 0.274. The number of aliphatic hydroxyl groups excluding tert-OH is 2. The standard InChI is InChI=1S/C12H29N3O2/c13-5-9-15(8-2-4-12-17)10-7-14-6-1-3-11-16/h14,16-17H,1-13H2. The fourth-order valence-electron chi connectivity index (χ4n) is 1.69. The van der Waals surface area contributed by atoms with Gasteiger partial charge in [0.1, 0.15) is 0 Å². The lowest BCUT2D eigenvalue weighted by Crippen LogP contribution is -2.36. The fraction of sp³-hybridized carbons (Fsp3) is 1.00. The van der Waals surface area contributed by atoms with Crippen molar-refractivity contribution in [1.29, 1.82) is 0 Å². The molecular weight excluding hydrogens is 218 g/mol. The second-order valence-electron chi connectivity index (χ2n) is 4.24. The number of rotatable bonds is 13. The van der Waals surface area contributed by atoms with Gasteiger partial charge in [-0.2, -0.15) is 0 Å². The van der Waals surface area contributed by atoms with Gasteiger partial charge in [0.15, 0.2) is 0 Å². The molecule has 0 aliphatic rings. The topological polar surface area (TPSA) is 81.8 Å². The third kappa shape index (κ3) is 12.1. The van der Waals surface area contributed by atoms with Crippen LogP contribution >= 0.6 is 0 Å². The molecule has 5 nitrogen and oxygen atoms in total. The molecule has 0 saturated heterocycles. The Balaban J connectivity index is 3.41. The maximum Gasteiger partial charge on any atom is 0.0431 e. The molecule has 0 heterocycles. The largest absolute Gasteiger partial charge is 0.396 e. The lowest BCUT2D eigenvalue weighted by molar-refractivity contribution is 0.244. The van der Waals surface area contributed by atoms with Crippen LogP contribution in [0.15, 0.2) is 0 Å². The average Bonchev–Trinajstić information content (AvgIpc) is 2.34. The number of aliphatic hydroxyl groups is 2. The summed E-state index contributed by atoms with van der Waals surface area (Å²) in [6.45, 7) is 6.10. The number of unbranched alkanes of at least 4 members (excludes halogenated alkanes) is 2. The van der Waals surface area contributed by atoms with E-state index in [9.17, 15) is 0 Å². The van der Waals surface area contributed by atoms with Gasteiger partial charge in [0.2, 0.25) is 0 Å². The number of nitrogens with two attached hydrogens (primary N) is 1. The van der Waals surface area contributed by atoms with E-state index in [1.807, 2.05) is 0 Å². The van der Waals surface area contributed by atoms with Gasteiger partial charge in [0.05, 0.1) is 0 Å². The van der Waals surface area contributed by atoms with Crippen molar-refractivity contribution in [2.45, 2.75) is 25.7 Å². The van der Waals surface area contributed by atoms with Crippen molar-refractivity contribution in [3.63, 3.8) is 0 Å². The third-order valence-corrected chi connectivity index (χ3v) is 2.69. The molecule has 0 aromatic heterocycles. The van der Waals surface area contributed by atoms with Crippen LogP contribution in [0.1, 0.15) is 25.7 Å². The number of nitrogens with one attached hydrogen (secondary N) is 1. The van der Waals surface area contributed by atoms with Crippen molar-refractivity contribution in [3.8, 4) is 0 Å². The molecule has 0 unspecified atom stereocenters. The summed E-state index contributed by atoms with van der Waals surface area (Å²) in [6.07, 6.45) is 3.79. The predicted octanol–water partition coefficient (Wildman–Crippen LogP) is -0.618. The van der Waals surface area contributed by atoms with E-state index in [0.717, 1.165) is 58.4 Å². The van der Waals surface area contributed by atoms with Crippen LogP contribution in [0.3, 0.4) is 0 Å². The summed E-state index contributed by atoms with van der Waals surface area (Å²) in [5.41, 5.74) is 5.56. The first kappa shape index (κ1) is 16.8. The Morgan fingerprint density at radius 2 is 1.53 bits per heavy atom. The monoisotopic (exact) mass is 247 g/mol. The van der Waals surface area contributed by atoms with Crippen molar-refractivity contribution in [2.24, 2.45) is 5.73 Å². The van der Waals surface area contributed by atoms with Crippen molar-refractivity contribution >= 4 is 0 Å². The van der Waals surface area contributed by atoms with E-state index in [1.165, 1.54) is 0 Å². The Kier molecular flexibility index (Phi) is 13.7. The fourth-order valence-corrected chi connectivity index (χ4v) is 1.69. The van der Waals surface area contributed by atoms with E-state index in [1.54, 1.807) is 0 Å². The first-order chi connectivity index (χ1) is 8.35. The Morgan fingerprint density at radius 3 is 2.18 bits per heavy atom. The van der Waals surface area contributed by atoms with Crippen LogP contribution in [-0.4, -0.2) is 67.6 Å². The predicted molar refractivity (Wildman–Crippen MR) is 71.0 cm³/mol. The Bertz CT molecular complexity index is 148. The zero-order valence-electron chi connectivity index (χ0n) is 10.9. The summed E-state index contributed by atoms with van der Waals surface area (Å²) >= 11 is 0. The molecule has 0 fully saturated rings. The highest BCUT2D eigenvalue weighted by Gasteiger charge is 2.02. The van der Waals surface area contributed by atoms with Crippen LogP contribution in [0.4, 0.5) is 0 Å². The van der Waals surface area contributed by atoms with Gasteiger partial charge in [-0.05, 0) is 38.8 Å². The van der Waals surface area contributed by atoms with E-state index in [2.05, 4.69) is 10.2 Å².